The minimum atomic E-state index is 0.358. The van der Waals surface area contributed by atoms with Crippen LogP contribution < -0.4 is 15.4 Å². The van der Waals surface area contributed by atoms with Gasteiger partial charge in [0.05, 0.1) is 20.3 Å². The molecule has 0 aromatic heterocycles. The minimum absolute atomic E-state index is 0.358. The molecule has 1 aromatic rings. The Bertz CT molecular complexity index is 373. The zero-order valence-electron chi connectivity index (χ0n) is 9.00. The standard InChI is InChI=1S/C11H15NO3/c1-7-5-10-8(3-4-14-10)9(6-15-12)11(7)13-2/h5H,3-4,6,12H2,1-2H3. The molecule has 1 heterocycles. The van der Waals surface area contributed by atoms with E-state index in [1.807, 2.05) is 13.0 Å². The summed E-state index contributed by atoms with van der Waals surface area (Å²) in [5.41, 5.74) is 3.21. The van der Waals surface area contributed by atoms with Crippen LogP contribution in [-0.4, -0.2) is 13.7 Å². The van der Waals surface area contributed by atoms with Crippen LogP contribution in [0.4, 0.5) is 0 Å². The highest BCUT2D eigenvalue weighted by Crippen LogP contribution is 2.37. The number of benzene rings is 1. The SMILES string of the molecule is COc1c(C)cc2c(c1CON)CCO2. The summed E-state index contributed by atoms with van der Waals surface area (Å²) in [6, 6.07) is 2.00. The van der Waals surface area contributed by atoms with E-state index >= 15 is 0 Å². The molecule has 4 heteroatoms. The first kappa shape index (κ1) is 10.3. The third kappa shape index (κ3) is 1.66. The molecule has 1 aliphatic rings. The fourth-order valence-corrected chi connectivity index (χ4v) is 2.06. The van der Waals surface area contributed by atoms with E-state index in [4.69, 9.17) is 20.2 Å². The zero-order chi connectivity index (χ0) is 10.8. The topological polar surface area (TPSA) is 53.7 Å². The van der Waals surface area contributed by atoms with Gasteiger partial charge in [0.15, 0.2) is 0 Å². The smallest absolute Gasteiger partial charge is 0.127 e. The molecule has 82 valence electrons. The number of aryl methyl sites for hydroxylation is 1. The summed E-state index contributed by atoms with van der Waals surface area (Å²) in [4.78, 5) is 4.72. The van der Waals surface area contributed by atoms with Crippen molar-refractivity contribution in [1.82, 2.24) is 0 Å². The summed E-state index contributed by atoms with van der Waals surface area (Å²) in [5.74, 6) is 6.91. The highest BCUT2D eigenvalue weighted by atomic mass is 16.6. The number of nitrogens with two attached hydrogens (primary N) is 1. The maximum atomic E-state index is 5.51. The van der Waals surface area contributed by atoms with Gasteiger partial charge >= 0.3 is 0 Å². The fraction of sp³-hybridized carbons (Fsp3) is 0.455. The molecule has 0 saturated carbocycles. The zero-order valence-corrected chi connectivity index (χ0v) is 9.00. The molecule has 4 nitrogen and oxygen atoms in total. The molecular formula is C11H15NO3. The van der Waals surface area contributed by atoms with Crippen molar-refractivity contribution >= 4 is 0 Å². The third-order valence-corrected chi connectivity index (χ3v) is 2.68. The second-order valence-electron chi connectivity index (χ2n) is 3.59. The molecule has 0 bridgehead atoms. The third-order valence-electron chi connectivity index (χ3n) is 2.68. The molecule has 0 amide bonds. The van der Waals surface area contributed by atoms with Crippen molar-refractivity contribution in [3.05, 3.63) is 22.8 Å². The van der Waals surface area contributed by atoms with Crippen LogP contribution in [0.5, 0.6) is 11.5 Å². The first-order valence-electron chi connectivity index (χ1n) is 4.91. The van der Waals surface area contributed by atoms with Crippen LogP contribution in [-0.2, 0) is 17.9 Å². The number of fused-ring (bicyclic) bond motifs is 1. The average molecular weight is 209 g/mol. The molecule has 0 radical (unpaired) electrons. The largest absolute Gasteiger partial charge is 0.496 e. The van der Waals surface area contributed by atoms with E-state index in [0.717, 1.165) is 41.2 Å². The molecule has 0 saturated heterocycles. The van der Waals surface area contributed by atoms with Gasteiger partial charge in [0.25, 0.3) is 0 Å². The molecule has 1 aliphatic heterocycles. The lowest BCUT2D eigenvalue weighted by molar-refractivity contribution is 0.121. The molecule has 0 unspecified atom stereocenters. The van der Waals surface area contributed by atoms with Crippen LogP contribution in [0.2, 0.25) is 0 Å². The van der Waals surface area contributed by atoms with E-state index in [1.165, 1.54) is 0 Å². The van der Waals surface area contributed by atoms with E-state index in [-0.39, 0.29) is 0 Å². The minimum Gasteiger partial charge on any atom is -0.496 e. The van der Waals surface area contributed by atoms with Gasteiger partial charge in [0.1, 0.15) is 11.5 Å². The van der Waals surface area contributed by atoms with Crippen molar-refractivity contribution in [2.24, 2.45) is 5.90 Å². The van der Waals surface area contributed by atoms with Gasteiger partial charge in [-0.05, 0) is 18.6 Å². The van der Waals surface area contributed by atoms with Crippen molar-refractivity contribution in [2.75, 3.05) is 13.7 Å². The van der Waals surface area contributed by atoms with E-state index in [9.17, 15) is 0 Å². The highest BCUT2D eigenvalue weighted by Gasteiger charge is 2.21. The molecule has 2 N–H and O–H groups in total. The normalized spacial score (nSPS) is 13.5. The molecule has 0 spiro atoms. The molecule has 0 aliphatic carbocycles. The molecule has 0 fully saturated rings. The second-order valence-corrected chi connectivity index (χ2v) is 3.59. The summed E-state index contributed by atoms with van der Waals surface area (Å²) in [5, 5.41) is 0. The van der Waals surface area contributed by atoms with Gasteiger partial charge in [0.2, 0.25) is 0 Å². The monoisotopic (exact) mass is 209 g/mol. The van der Waals surface area contributed by atoms with E-state index in [2.05, 4.69) is 0 Å². The Hall–Kier alpha value is -1.26. The molecule has 0 atom stereocenters. The van der Waals surface area contributed by atoms with Gasteiger partial charge < -0.3 is 9.47 Å². The Kier molecular flexibility index (Phi) is 2.79. The summed E-state index contributed by atoms with van der Waals surface area (Å²) in [6.07, 6.45) is 0.894. The summed E-state index contributed by atoms with van der Waals surface area (Å²) in [6.45, 7) is 3.07. The highest BCUT2D eigenvalue weighted by molar-refractivity contribution is 5.54. The van der Waals surface area contributed by atoms with Crippen molar-refractivity contribution in [2.45, 2.75) is 20.0 Å². The van der Waals surface area contributed by atoms with Gasteiger partial charge in [-0.25, -0.2) is 5.90 Å². The van der Waals surface area contributed by atoms with Crippen molar-refractivity contribution in [3.63, 3.8) is 0 Å². The Labute approximate surface area is 88.9 Å². The van der Waals surface area contributed by atoms with Crippen LogP contribution in [0.3, 0.4) is 0 Å². The Morgan fingerprint density at radius 2 is 2.33 bits per heavy atom. The second kappa shape index (κ2) is 4.08. The molecule has 1 aromatic carbocycles. The number of ether oxygens (including phenoxy) is 2. The number of methoxy groups -OCH3 is 1. The van der Waals surface area contributed by atoms with Gasteiger partial charge in [-0.3, -0.25) is 4.84 Å². The van der Waals surface area contributed by atoms with Gasteiger partial charge in [-0.1, -0.05) is 0 Å². The number of hydrogen-bond donors (Lipinski definition) is 1. The quantitative estimate of drug-likeness (QED) is 0.763. The molecule has 15 heavy (non-hydrogen) atoms. The fourth-order valence-electron chi connectivity index (χ4n) is 2.06. The first-order chi connectivity index (χ1) is 7.27. The Balaban J connectivity index is 2.55. The summed E-state index contributed by atoms with van der Waals surface area (Å²) < 4.78 is 10.9. The van der Waals surface area contributed by atoms with Crippen LogP contribution in [0.15, 0.2) is 6.07 Å². The van der Waals surface area contributed by atoms with Crippen LogP contribution >= 0.6 is 0 Å². The van der Waals surface area contributed by atoms with Crippen LogP contribution in [0, 0.1) is 6.92 Å². The lowest BCUT2D eigenvalue weighted by Crippen LogP contribution is -2.05. The van der Waals surface area contributed by atoms with Crippen molar-refractivity contribution < 1.29 is 14.3 Å². The van der Waals surface area contributed by atoms with Crippen molar-refractivity contribution in [3.8, 4) is 11.5 Å². The van der Waals surface area contributed by atoms with E-state index < -0.39 is 0 Å². The van der Waals surface area contributed by atoms with E-state index in [1.54, 1.807) is 7.11 Å². The summed E-state index contributed by atoms with van der Waals surface area (Å²) >= 11 is 0. The Morgan fingerprint density at radius 1 is 1.53 bits per heavy atom. The summed E-state index contributed by atoms with van der Waals surface area (Å²) in [7, 11) is 1.66. The van der Waals surface area contributed by atoms with Crippen LogP contribution in [0.25, 0.3) is 0 Å². The predicted octanol–water partition coefficient (Wildman–Crippen LogP) is 1.33. The Morgan fingerprint density at radius 3 is 3.00 bits per heavy atom. The van der Waals surface area contributed by atoms with Gasteiger partial charge in [-0.2, -0.15) is 0 Å². The van der Waals surface area contributed by atoms with E-state index in [0.29, 0.717) is 6.61 Å². The lowest BCUT2D eigenvalue weighted by Gasteiger charge is -2.14. The maximum absolute atomic E-state index is 5.51. The van der Waals surface area contributed by atoms with Crippen LogP contribution in [0.1, 0.15) is 16.7 Å². The van der Waals surface area contributed by atoms with Gasteiger partial charge in [0, 0.05) is 17.5 Å². The first-order valence-corrected chi connectivity index (χ1v) is 4.91. The number of hydrogen-bond acceptors (Lipinski definition) is 4. The average Bonchev–Trinajstić information content (AvgIpc) is 2.66. The maximum Gasteiger partial charge on any atom is 0.127 e. The van der Waals surface area contributed by atoms with Gasteiger partial charge in [-0.15, -0.1) is 0 Å². The van der Waals surface area contributed by atoms with Crippen molar-refractivity contribution in [1.29, 1.82) is 0 Å². The lowest BCUT2D eigenvalue weighted by atomic mass is 10.0. The molecule has 2 rings (SSSR count). The number of rotatable bonds is 3. The molecular weight excluding hydrogens is 194 g/mol. The predicted molar refractivity (Wildman–Crippen MR) is 55.9 cm³/mol.